The molecule has 110 valence electrons. The molecule has 0 aromatic rings. The van der Waals surface area contributed by atoms with Crippen LogP contribution in [0.25, 0.3) is 0 Å². The number of carbonyl (C=O) groups excluding carboxylic acids is 1. The lowest BCUT2D eigenvalue weighted by atomic mass is 9.88. The Bertz CT molecular complexity index is 361. The topological polar surface area (TPSA) is 37.3 Å². The number of carbonyl (C=O) groups is 1. The summed E-state index contributed by atoms with van der Waals surface area (Å²) in [5.74, 6) is -2.78. The van der Waals surface area contributed by atoms with E-state index < -0.39 is 10.9 Å². The second kappa shape index (κ2) is 5.32. The van der Waals surface area contributed by atoms with Crippen molar-refractivity contribution in [2.75, 3.05) is 0 Å². The summed E-state index contributed by atoms with van der Waals surface area (Å²) >= 11 is 0.954. The average Bonchev–Trinajstić information content (AvgIpc) is 2.62. The lowest BCUT2D eigenvalue weighted by Gasteiger charge is -2.43. The molecule has 4 atom stereocenters. The maximum Gasteiger partial charge on any atom is 0.285 e. The first-order valence-corrected chi connectivity index (χ1v) is 7.99. The van der Waals surface area contributed by atoms with Crippen molar-refractivity contribution in [3.8, 4) is 0 Å². The van der Waals surface area contributed by atoms with E-state index in [1.807, 2.05) is 13.8 Å². The zero-order valence-electron chi connectivity index (χ0n) is 11.5. The highest BCUT2D eigenvalue weighted by Gasteiger charge is 2.58. The third kappa shape index (κ3) is 2.68. The number of rotatable bonds is 4. The average molecular weight is 292 g/mol. The van der Waals surface area contributed by atoms with Gasteiger partial charge in [-0.05, 0) is 25.2 Å². The Morgan fingerprint density at radius 2 is 2.21 bits per heavy atom. The highest BCUT2D eigenvalue weighted by molar-refractivity contribution is 8.01. The smallest absolute Gasteiger partial charge is 0.285 e. The number of halogens is 2. The predicted octanol–water partition coefficient (Wildman–Crippen LogP) is 3.62. The second-order valence-electron chi connectivity index (χ2n) is 5.91. The number of alkyl halides is 2. The van der Waals surface area contributed by atoms with Crippen LogP contribution in [0.3, 0.4) is 0 Å². The van der Waals surface area contributed by atoms with Crippen LogP contribution < -0.4 is 0 Å². The van der Waals surface area contributed by atoms with Gasteiger partial charge >= 0.3 is 0 Å². The summed E-state index contributed by atoms with van der Waals surface area (Å²) in [7, 11) is 0. The lowest BCUT2D eigenvalue weighted by molar-refractivity contribution is -0.142. The summed E-state index contributed by atoms with van der Waals surface area (Å²) in [4.78, 5) is 9.71. The van der Waals surface area contributed by atoms with E-state index in [2.05, 4.69) is 0 Å². The Kier molecular flexibility index (Phi) is 4.26. The fourth-order valence-corrected chi connectivity index (χ4v) is 5.00. The van der Waals surface area contributed by atoms with Crippen LogP contribution >= 0.6 is 11.8 Å². The number of hydrogen-bond acceptors (Lipinski definition) is 3. The lowest BCUT2D eigenvalue weighted by Crippen LogP contribution is -2.49. The van der Waals surface area contributed by atoms with E-state index >= 15 is 0 Å². The number of ketones is 1. The Balaban J connectivity index is 2.09. The minimum atomic E-state index is -3.06. The summed E-state index contributed by atoms with van der Waals surface area (Å²) in [6, 6.07) is 0. The normalized spacial score (nSPS) is 39.4. The van der Waals surface area contributed by atoms with Gasteiger partial charge in [0.15, 0.2) is 4.93 Å². The standard InChI is InChI=1S/C14H22F2O2S/c1-3-4-6-13(15,16)14(18)7-5-10-9(2)11(17)8-12(10)19-14/h9-10,12,18H,3-8H2,1-2H3/t9-,10-,12-,14?/m1/s1. The number of unbranched alkanes of at least 4 members (excludes halogenated alkanes) is 1. The highest BCUT2D eigenvalue weighted by Crippen LogP contribution is 2.56. The Morgan fingerprint density at radius 3 is 2.84 bits per heavy atom. The van der Waals surface area contributed by atoms with Gasteiger partial charge in [-0.15, -0.1) is 11.8 Å². The largest absolute Gasteiger partial charge is 0.373 e. The molecule has 1 saturated carbocycles. The van der Waals surface area contributed by atoms with Crippen LogP contribution in [0.1, 0.15) is 52.4 Å². The number of thioether (sulfide) groups is 1. The number of fused-ring (bicyclic) bond motifs is 1. The molecule has 0 aromatic carbocycles. The molecule has 0 spiro atoms. The van der Waals surface area contributed by atoms with E-state index in [0.29, 0.717) is 25.7 Å². The van der Waals surface area contributed by atoms with Crippen LogP contribution in [-0.4, -0.2) is 27.0 Å². The molecule has 5 heteroatoms. The van der Waals surface area contributed by atoms with E-state index in [1.54, 1.807) is 0 Å². The minimum absolute atomic E-state index is 0.0358. The van der Waals surface area contributed by atoms with Gasteiger partial charge in [0.05, 0.1) is 0 Å². The number of aliphatic hydroxyl groups is 1. The molecule has 1 N–H and O–H groups in total. The summed E-state index contributed by atoms with van der Waals surface area (Å²) in [6.07, 6.45) is 1.80. The first kappa shape index (κ1) is 15.2. The molecule has 1 saturated heterocycles. The van der Waals surface area contributed by atoms with Crippen LogP contribution in [-0.2, 0) is 4.79 Å². The van der Waals surface area contributed by atoms with Gasteiger partial charge < -0.3 is 5.11 Å². The molecule has 2 aliphatic rings. The zero-order chi connectivity index (χ0) is 14.3. The molecule has 1 aliphatic heterocycles. The van der Waals surface area contributed by atoms with Gasteiger partial charge in [-0.25, -0.2) is 8.78 Å². The fourth-order valence-electron chi connectivity index (χ4n) is 3.20. The van der Waals surface area contributed by atoms with E-state index in [1.165, 1.54) is 0 Å². The van der Waals surface area contributed by atoms with Crippen molar-refractivity contribution in [2.45, 2.75) is 68.5 Å². The fraction of sp³-hybridized carbons (Fsp3) is 0.929. The molecule has 19 heavy (non-hydrogen) atoms. The molecule has 0 radical (unpaired) electrons. The van der Waals surface area contributed by atoms with Crippen molar-refractivity contribution in [1.29, 1.82) is 0 Å². The molecule has 0 aromatic heterocycles. The molecule has 2 rings (SSSR count). The van der Waals surface area contributed by atoms with Crippen molar-refractivity contribution in [3.63, 3.8) is 0 Å². The summed E-state index contributed by atoms with van der Waals surface area (Å²) in [5.41, 5.74) is 0. The molecule has 1 unspecified atom stereocenters. The predicted molar refractivity (Wildman–Crippen MR) is 72.3 cm³/mol. The molecule has 0 amide bonds. The van der Waals surface area contributed by atoms with E-state index in [9.17, 15) is 18.7 Å². The third-order valence-electron chi connectivity index (χ3n) is 4.61. The van der Waals surface area contributed by atoms with Gasteiger partial charge in [-0.3, -0.25) is 4.79 Å². The van der Waals surface area contributed by atoms with Crippen LogP contribution in [0.15, 0.2) is 0 Å². The highest BCUT2D eigenvalue weighted by atomic mass is 32.2. The van der Waals surface area contributed by atoms with Crippen molar-refractivity contribution in [1.82, 2.24) is 0 Å². The van der Waals surface area contributed by atoms with E-state index in [4.69, 9.17) is 0 Å². The van der Waals surface area contributed by atoms with Crippen LogP contribution in [0.5, 0.6) is 0 Å². The molecule has 0 bridgehead atoms. The Labute approximate surface area is 117 Å². The maximum atomic E-state index is 14.2. The van der Waals surface area contributed by atoms with E-state index in [0.717, 1.165) is 11.8 Å². The quantitative estimate of drug-likeness (QED) is 0.860. The van der Waals surface area contributed by atoms with Gasteiger partial charge in [-0.2, -0.15) is 0 Å². The van der Waals surface area contributed by atoms with Gasteiger partial charge in [-0.1, -0.05) is 20.3 Å². The molecule has 1 heterocycles. The van der Waals surface area contributed by atoms with Crippen molar-refractivity contribution in [2.24, 2.45) is 11.8 Å². The minimum Gasteiger partial charge on any atom is -0.373 e. The van der Waals surface area contributed by atoms with Crippen LogP contribution in [0.4, 0.5) is 8.78 Å². The SMILES string of the molecule is CCCCC(F)(F)C1(O)CC[C@H]2[C@@H](CC(=O)[C@@H]2C)S1. The monoisotopic (exact) mass is 292 g/mol. The number of hydrogen-bond donors (Lipinski definition) is 1. The van der Waals surface area contributed by atoms with Crippen molar-refractivity contribution < 1.29 is 18.7 Å². The first-order valence-electron chi connectivity index (χ1n) is 7.11. The van der Waals surface area contributed by atoms with Crippen molar-refractivity contribution >= 4 is 17.5 Å². The van der Waals surface area contributed by atoms with Gasteiger partial charge in [0.2, 0.25) is 0 Å². The Hall–Kier alpha value is -0.160. The summed E-state index contributed by atoms with van der Waals surface area (Å²) in [5, 5.41) is 10.2. The second-order valence-corrected chi connectivity index (χ2v) is 7.43. The molecule has 2 nitrogen and oxygen atoms in total. The first-order chi connectivity index (χ1) is 8.81. The van der Waals surface area contributed by atoms with Crippen molar-refractivity contribution in [3.05, 3.63) is 0 Å². The third-order valence-corrected chi connectivity index (χ3v) is 6.32. The molecule has 2 fully saturated rings. The van der Waals surface area contributed by atoms with Crippen LogP contribution in [0.2, 0.25) is 0 Å². The molecular weight excluding hydrogens is 270 g/mol. The summed E-state index contributed by atoms with van der Waals surface area (Å²) < 4.78 is 28.4. The van der Waals surface area contributed by atoms with Gasteiger partial charge in [0.25, 0.3) is 5.92 Å². The van der Waals surface area contributed by atoms with Gasteiger partial charge in [0.1, 0.15) is 5.78 Å². The molecule has 1 aliphatic carbocycles. The summed E-state index contributed by atoms with van der Waals surface area (Å²) in [6.45, 7) is 3.74. The molecular formula is C14H22F2O2S. The Morgan fingerprint density at radius 1 is 1.53 bits per heavy atom. The number of Topliss-reactive ketones (excluding diaryl/α,β-unsaturated/α-hetero) is 1. The van der Waals surface area contributed by atoms with Crippen LogP contribution in [0, 0.1) is 11.8 Å². The maximum absolute atomic E-state index is 14.2. The zero-order valence-corrected chi connectivity index (χ0v) is 12.3. The van der Waals surface area contributed by atoms with E-state index in [-0.39, 0.29) is 35.7 Å². The van der Waals surface area contributed by atoms with Gasteiger partial charge in [0, 0.05) is 24.0 Å².